The Hall–Kier alpha value is -3.49. The molecule has 1 aromatic carbocycles. The molecule has 0 radical (unpaired) electrons. The molecule has 2 aromatic rings. The largest absolute Gasteiger partial charge is 0.497 e. The van der Waals surface area contributed by atoms with Crippen LogP contribution in [0.5, 0.6) is 11.5 Å². The molecular weight excluding hydrogens is 338 g/mol. The van der Waals surface area contributed by atoms with Gasteiger partial charge in [0.25, 0.3) is 5.91 Å². The Labute approximate surface area is 150 Å². The van der Waals surface area contributed by atoms with Crippen LogP contribution in [0, 0.1) is 0 Å². The van der Waals surface area contributed by atoms with Gasteiger partial charge in [-0.05, 0) is 19.1 Å². The van der Waals surface area contributed by atoms with Crippen molar-refractivity contribution in [3.63, 3.8) is 0 Å². The zero-order valence-corrected chi connectivity index (χ0v) is 14.6. The second-order valence-electron chi connectivity index (χ2n) is 5.17. The minimum atomic E-state index is -0.505. The molecule has 0 aliphatic rings. The maximum Gasteiger partial charge on any atom is 0.291 e. The van der Waals surface area contributed by atoms with E-state index in [2.05, 4.69) is 25.8 Å². The highest BCUT2D eigenvalue weighted by molar-refractivity contribution is 6.06. The SMILES string of the molecule is COc1ccc(NC(=O)CC(C)=NNC(=O)c2cnccn2)c(OC)c1. The van der Waals surface area contributed by atoms with Crippen LogP contribution in [0.2, 0.25) is 0 Å². The predicted octanol–water partition coefficient (Wildman–Crippen LogP) is 1.63. The van der Waals surface area contributed by atoms with Gasteiger partial charge in [-0.2, -0.15) is 5.10 Å². The lowest BCUT2D eigenvalue weighted by molar-refractivity contribution is -0.115. The summed E-state index contributed by atoms with van der Waals surface area (Å²) in [6, 6.07) is 5.05. The number of anilines is 1. The van der Waals surface area contributed by atoms with Crippen LogP contribution in [0.3, 0.4) is 0 Å². The van der Waals surface area contributed by atoms with Gasteiger partial charge in [0.1, 0.15) is 17.2 Å². The van der Waals surface area contributed by atoms with Crippen LogP contribution in [-0.2, 0) is 4.79 Å². The number of amides is 2. The zero-order chi connectivity index (χ0) is 18.9. The van der Waals surface area contributed by atoms with Gasteiger partial charge in [0.05, 0.1) is 32.5 Å². The van der Waals surface area contributed by atoms with Gasteiger partial charge in [0.2, 0.25) is 5.91 Å². The number of aromatic nitrogens is 2. The van der Waals surface area contributed by atoms with Crippen molar-refractivity contribution in [2.75, 3.05) is 19.5 Å². The van der Waals surface area contributed by atoms with E-state index in [-0.39, 0.29) is 18.0 Å². The molecule has 1 aromatic heterocycles. The van der Waals surface area contributed by atoms with Gasteiger partial charge < -0.3 is 14.8 Å². The number of nitrogens with one attached hydrogen (secondary N) is 2. The van der Waals surface area contributed by atoms with Crippen molar-refractivity contribution in [3.05, 3.63) is 42.5 Å². The van der Waals surface area contributed by atoms with Crippen molar-refractivity contribution in [3.8, 4) is 11.5 Å². The van der Waals surface area contributed by atoms with Gasteiger partial charge in [-0.1, -0.05) is 0 Å². The van der Waals surface area contributed by atoms with E-state index < -0.39 is 5.91 Å². The number of hydrogen-bond acceptors (Lipinski definition) is 7. The third-order valence-electron chi connectivity index (χ3n) is 3.24. The highest BCUT2D eigenvalue weighted by Gasteiger charge is 2.11. The number of nitrogens with zero attached hydrogens (tertiary/aromatic N) is 3. The van der Waals surface area contributed by atoms with Gasteiger partial charge in [-0.25, -0.2) is 10.4 Å². The fourth-order valence-electron chi connectivity index (χ4n) is 1.99. The summed E-state index contributed by atoms with van der Waals surface area (Å²) in [7, 11) is 3.04. The minimum absolute atomic E-state index is 0.00404. The third kappa shape index (κ3) is 5.26. The van der Waals surface area contributed by atoms with E-state index in [1.165, 1.54) is 25.7 Å². The van der Waals surface area contributed by atoms with E-state index in [4.69, 9.17) is 9.47 Å². The Kier molecular flexibility index (Phi) is 6.60. The highest BCUT2D eigenvalue weighted by atomic mass is 16.5. The molecule has 2 amide bonds. The predicted molar refractivity (Wildman–Crippen MR) is 95.4 cm³/mol. The van der Waals surface area contributed by atoms with Crippen LogP contribution < -0.4 is 20.2 Å². The highest BCUT2D eigenvalue weighted by Crippen LogP contribution is 2.29. The molecule has 0 atom stereocenters. The standard InChI is InChI=1S/C17H19N5O4/c1-11(21-22-17(24)14-10-18-6-7-19-14)8-16(23)20-13-5-4-12(25-2)9-15(13)26-3/h4-7,9-10H,8H2,1-3H3,(H,20,23)(H,22,24). The lowest BCUT2D eigenvalue weighted by atomic mass is 10.2. The van der Waals surface area contributed by atoms with Gasteiger partial charge in [-0.3, -0.25) is 14.6 Å². The van der Waals surface area contributed by atoms with E-state index in [0.29, 0.717) is 22.9 Å². The van der Waals surface area contributed by atoms with E-state index in [9.17, 15) is 9.59 Å². The number of rotatable bonds is 7. The number of ether oxygens (including phenoxy) is 2. The lowest BCUT2D eigenvalue weighted by Gasteiger charge is -2.11. The average molecular weight is 357 g/mol. The van der Waals surface area contributed by atoms with Crippen molar-refractivity contribution in [2.24, 2.45) is 5.10 Å². The molecule has 9 heteroatoms. The van der Waals surface area contributed by atoms with Crippen LogP contribution in [0.25, 0.3) is 0 Å². The fourth-order valence-corrected chi connectivity index (χ4v) is 1.99. The van der Waals surface area contributed by atoms with Crippen molar-refractivity contribution in [1.82, 2.24) is 15.4 Å². The first kappa shape index (κ1) is 18.8. The molecule has 26 heavy (non-hydrogen) atoms. The average Bonchev–Trinajstić information content (AvgIpc) is 2.67. The fraction of sp³-hybridized carbons (Fsp3) is 0.235. The van der Waals surface area contributed by atoms with Crippen molar-refractivity contribution in [1.29, 1.82) is 0 Å². The van der Waals surface area contributed by atoms with Crippen LogP contribution in [-0.4, -0.2) is 41.7 Å². The monoisotopic (exact) mass is 357 g/mol. The van der Waals surface area contributed by atoms with Crippen LogP contribution in [0.4, 0.5) is 5.69 Å². The molecule has 0 aliphatic carbocycles. The van der Waals surface area contributed by atoms with Gasteiger partial charge in [0, 0.05) is 24.2 Å². The summed E-state index contributed by atoms with van der Waals surface area (Å²) in [5, 5.41) is 6.62. The number of carbonyl (C=O) groups is 2. The molecular formula is C17H19N5O4. The summed E-state index contributed by atoms with van der Waals surface area (Å²) < 4.78 is 10.3. The maximum atomic E-state index is 12.1. The molecule has 0 aliphatic heterocycles. The molecule has 0 fully saturated rings. The Morgan fingerprint density at radius 2 is 2.00 bits per heavy atom. The van der Waals surface area contributed by atoms with Crippen molar-refractivity contribution < 1.29 is 19.1 Å². The quantitative estimate of drug-likeness (QED) is 0.575. The summed E-state index contributed by atoms with van der Waals surface area (Å²) in [5.41, 5.74) is 3.40. The Balaban J connectivity index is 1.93. The Bertz CT molecular complexity index is 808. The maximum absolute atomic E-state index is 12.1. The first-order valence-corrected chi connectivity index (χ1v) is 7.65. The number of hydrazone groups is 1. The first-order chi connectivity index (χ1) is 12.5. The van der Waals surface area contributed by atoms with E-state index in [1.807, 2.05) is 0 Å². The van der Waals surface area contributed by atoms with Gasteiger partial charge in [0.15, 0.2) is 0 Å². The van der Waals surface area contributed by atoms with Crippen LogP contribution >= 0.6 is 0 Å². The first-order valence-electron chi connectivity index (χ1n) is 7.65. The number of carbonyl (C=O) groups excluding carboxylic acids is 2. The van der Waals surface area contributed by atoms with Crippen molar-refractivity contribution in [2.45, 2.75) is 13.3 Å². The van der Waals surface area contributed by atoms with Crippen molar-refractivity contribution >= 4 is 23.2 Å². The Morgan fingerprint density at radius 1 is 1.19 bits per heavy atom. The molecule has 2 N–H and O–H groups in total. The van der Waals surface area contributed by atoms with E-state index >= 15 is 0 Å². The molecule has 0 saturated carbocycles. The van der Waals surface area contributed by atoms with Crippen LogP contribution in [0.1, 0.15) is 23.8 Å². The molecule has 0 spiro atoms. The van der Waals surface area contributed by atoms with Gasteiger partial charge in [-0.15, -0.1) is 0 Å². The molecule has 136 valence electrons. The smallest absolute Gasteiger partial charge is 0.291 e. The third-order valence-corrected chi connectivity index (χ3v) is 3.24. The summed E-state index contributed by atoms with van der Waals surface area (Å²) in [6.07, 6.45) is 4.18. The molecule has 0 unspecified atom stereocenters. The minimum Gasteiger partial charge on any atom is -0.497 e. The molecule has 0 bridgehead atoms. The number of benzene rings is 1. The molecule has 1 heterocycles. The van der Waals surface area contributed by atoms with Gasteiger partial charge >= 0.3 is 0 Å². The second kappa shape index (κ2) is 9.11. The van der Waals surface area contributed by atoms with Crippen LogP contribution in [0.15, 0.2) is 41.9 Å². The second-order valence-corrected chi connectivity index (χ2v) is 5.17. The van der Waals surface area contributed by atoms with E-state index in [1.54, 1.807) is 32.2 Å². The summed E-state index contributed by atoms with van der Waals surface area (Å²) in [4.78, 5) is 31.6. The zero-order valence-electron chi connectivity index (χ0n) is 14.6. The normalized spacial score (nSPS) is 10.8. The topological polar surface area (TPSA) is 115 Å². The lowest BCUT2D eigenvalue weighted by Crippen LogP contribution is -2.22. The number of methoxy groups -OCH3 is 2. The molecule has 2 rings (SSSR count). The Morgan fingerprint density at radius 3 is 2.65 bits per heavy atom. The summed E-state index contributed by atoms with van der Waals surface area (Å²) in [6.45, 7) is 1.63. The van der Waals surface area contributed by atoms with E-state index in [0.717, 1.165) is 0 Å². The number of hydrogen-bond donors (Lipinski definition) is 2. The summed E-state index contributed by atoms with van der Waals surface area (Å²) >= 11 is 0. The summed E-state index contributed by atoms with van der Waals surface area (Å²) in [5.74, 6) is 0.283. The molecule has 0 saturated heterocycles. The molecule has 9 nitrogen and oxygen atoms in total.